The first-order valence-corrected chi connectivity index (χ1v) is 5.92. The largest absolute Gasteiger partial charge is 0.489 e. The molecule has 1 aromatic carbocycles. The summed E-state index contributed by atoms with van der Waals surface area (Å²) in [4.78, 5) is 11.6. The Balaban J connectivity index is 3.22. The molecule has 0 aliphatic heterocycles. The molecule has 1 rings (SSSR count). The molecule has 0 radical (unpaired) electrons. The van der Waals surface area contributed by atoms with Gasteiger partial charge in [-0.15, -0.1) is 0 Å². The fourth-order valence-corrected chi connectivity index (χ4v) is 1.55. The topological polar surface area (TPSA) is 73.6 Å². The summed E-state index contributed by atoms with van der Waals surface area (Å²) in [5, 5.41) is 3.10. The number of carbonyl (C=O) groups excluding carboxylic acids is 1. The van der Waals surface area contributed by atoms with Crippen LogP contribution in [0.2, 0.25) is 0 Å². The minimum atomic E-state index is -0.414. The van der Waals surface area contributed by atoms with Gasteiger partial charge in [0.1, 0.15) is 5.75 Å². The van der Waals surface area contributed by atoms with Crippen LogP contribution in [0.4, 0.5) is 11.4 Å². The fraction of sp³-hybridized carbons (Fsp3) is 0.462. The Labute approximate surface area is 107 Å². The SMILES string of the molecule is CCNc1cc(C(=O)OC)cc(OC(C)C)c1N. The molecule has 3 N–H and O–H groups in total. The Kier molecular flexibility index (Phi) is 4.83. The molecule has 0 saturated carbocycles. The second-order valence-corrected chi connectivity index (χ2v) is 4.12. The van der Waals surface area contributed by atoms with E-state index in [9.17, 15) is 4.79 Å². The van der Waals surface area contributed by atoms with Gasteiger partial charge in [-0.3, -0.25) is 0 Å². The number of rotatable bonds is 5. The zero-order chi connectivity index (χ0) is 13.7. The standard InChI is InChI=1S/C13H20N2O3/c1-5-15-10-6-9(13(16)17-4)7-11(12(10)14)18-8(2)3/h6-8,15H,5,14H2,1-4H3. The highest BCUT2D eigenvalue weighted by atomic mass is 16.5. The molecule has 0 amide bonds. The van der Waals surface area contributed by atoms with Crippen LogP contribution in [0.25, 0.3) is 0 Å². The van der Waals surface area contributed by atoms with E-state index in [1.165, 1.54) is 7.11 Å². The lowest BCUT2D eigenvalue weighted by Gasteiger charge is -2.16. The third kappa shape index (κ3) is 3.29. The molecule has 0 spiro atoms. The predicted molar refractivity (Wildman–Crippen MR) is 72.1 cm³/mol. The first kappa shape index (κ1) is 14.2. The van der Waals surface area contributed by atoms with E-state index >= 15 is 0 Å². The molecular formula is C13H20N2O3. The molecule has 0 fully saturated rings. The van der Waals surface area contributed by atoms with E-state index in [1.807, 2.05) is 20.8 Å². The van der Waals surface area contributed by atoms with Crippen LogP contribution in [0.15, 0.2) is 12.1 Å². The summed E-state index contributed by atoms with van der Waals surface area (Å²) in [5.41, 5.74) is 7.58. The summed E-state index contributed by atoms with van der Waals surface area (Å²) < 4.78 is 10.3. The van der Waals surface area contributed by atoms with Crippen LogP contribution < -0.4 is 15.8 Å². The van der Waals surface area contributed by atoms with E-state index in [0.717, 1.165) is 0 Å². The monoisotopic (exact) mass is 252 g/mol. The van der Waals surface area contributed by atoms with Gasteiger partial charge >= 0.3 is 5.97 Å². The Morgan fingerprint density at radius 3 is 2.61 bits per heavy atom. The molecule has 0 unspecified atom stereocenters. The molecule has 1 aromatic rings. The van der Waals surface area contributed by atoms with Gasteiger partial charge in [0.15, 0.2) is 0 Å². The lowest BCUT2D eigenvalue weighted by Crippen LogP contribution is -2.12. The number of esters is 1. The first-order chi connectivity index (χ1) is 8.49. The van der Waals surface area contributed by atoms with Crippen molar-refractivity contribution in [3.05, 3.63) is 17.7 Å². The highest BCUT2D eigenvalue weighted by Gasteiger charge is 2.14. The summed E-state index contributed by atoms with van der Waals surface area (Å²) in [6, 6.07) is 3.26. The van der Waals surface area contributed by atoms with Crippen molar-refractivity contribution in [1.29, 1.82) is 0 Å². The number of nitrogens with one attached hydrogen (secondary N) is 1. The van der Waals surface area contributed by atoms with Crippen molar-refractivity contribution in [3.8, 4) is 5.75 Å². The van der Waals surface area contributed by atoms with E-state index in [4.69, 9.17) is 15.2 Å². The van der Waals surface area contributed by atoms with Gasteiger partial charge in [-0.25, -0.2) is 4.79 Å². The molecule has 100 valence electrons. The molecule has 5 heteroatoms. The third-order valence-electron chi connectivity index (χ3n) is 2.29. The Morgan fingerprint density at radius 2 is 2.11 bits per heavy atom. The van der Waals surface area contributed by atoms with Gasteiger partial charge in [0.05, 0.1) is 30.2 Å². The van der Waals surface area contributed by atoms with Crippen LogP contribution in [0.1, 0.15) is 31.1 Å². The van der Waals surface area contributed by atoms with Crippen LogP contribution in [0, 0.1) is 0 Å². The zero-order valence-corrected chi connectivity index (χ0v) is 11.2. The average Bonchev–Trinajstić information content (AvgIpc) is 2.32. The highest BCUT2D eigenvalue weighted by molar-refractivity contribution is 5.93. The van der Waals surface area contributed by atoms with Crippen molar-refractivity contribution < 1.29 is 14.3 Å². The van der Waals surface area contributed by atoms with Gasteiger partial charge in [-0.05, 0) is 32.9 Å². The normalized spacial score (nSPS) is 10.3. The predicted octanol–water partition coefficient (Wildman–Crippen LogP) is 2.27. The Morgan fingerprint density at radius 1 is 1.44 bits per heavy atom. The molecular weight excluding hydrogens is 232 g/mol. The third-order valence-corrected chi connectivity index (χ3v) is 2.29. The van der Waals surface area contributed by atoms with Crippen LogP contribution in [0.5, 0.6) is 5.75 Å². The minimum absolute atomic E-state index is 0.0188. The number of methoxy groups -OCH3 is 1. The van der Waals surface area contributed by atoms with Crippen LogP contribution in [-0.4, -0.2) is 25.7 Å². The summed E-state index contributed by atoms with van der Waals surface area (Å²) in [7, 11) is 1.34. The van der Waals surface area contributed by atoms with Crippen molar-refractivity contribution in [2.45, 2.75) is 26.9 Å². The van der Waals surface area contributed by atoms with Gasteiger partial charge in [-0.1, -0.05) is 0 Å². The molecule has 5 nitrogen and oxygen atoms in total. The summed E-state index contributed by atoms with van der Waals surface area (Å²) in [6.45, 7) is 6.46. The highest BCUT2D eigenvalue weighted by Crippen LogP contribution is 2.32. The number of hydrogen-bond acceptors (Lipinski definition) is 5. The Bertz CT molecular complexity index is 430. The van der Waals surface area contributed by atoms with Crippen LogP contribution in [-0.2, 0) is 4.74 Å². The van der Waals surface area contributed by atoms with Gasteiger partial charge in [0, 0.05) is 6.54 Å². The van der Waals surface area contributed by atoms with Crippen molar-refractivity contribution in [2.75, 3.05) is 24.7 Å². The summed E-state index contributed by atoms with van der Waals surface area (Å²) in [5.74, 6) is 0.0756. The smallest absolute Gasteiger partial charge is 0.338 e. The quantitative estimate of drug-likeness (QED) is 0.621. The molecule has 0 heterocycles. The second kappa shape index (κ2) is 6.14. The van der Waals surface area contributed by atoms with Crippen molar-refractivity contribution in [2.24, 2.45) is 0 Å². The van der Waals surface area contributed by atoms with Crippen LogP contribution >= 0.6 is 0 Å². The maximum absolute atomic E-state index is 11.6. The number of hydrogen-bond donors (Lipinski definition) is 2. The van der Waals surface area contributed by atoms with E-state index in [0.29, 0.717) is 29.2 Å². The lowest BCUT2D eigenvalue weighted by atomic mass is 10.1. The number of nitrogens with two attached hydrogens (primary N) is 1. The van der Waals surface area contributed by atoms with Crippen LogP contribution in [0.3, 0.4) is 0 Å². The van der Waals surface area contributed by atoms with Crippen molar-refractivity contribution in [1.82, 2.24) is 0 Å². The average molecular weight is 252 g/mol. The molecule has 0 aliphatic carbocycles. The molecule has 0 aliphatic rings. The minimum Gasteiger partial charge on any atom is -0.489 e. The first-order valence-electron chi connectivity index (χ1n) is 5.92. The number of nitrogen functional groups attached to an aromatic ring is 1. The second-order valence-electron chi connectivity index (χ2n) is 4.12. The van der Waals surface area contributed by atoms with Gasteiger partial charge in [0.2, 0.25) is 0 Å². The van der Waals surface area contributed by atoms with Crippen molar-refractivity contribution in [3.63, 3.8) is 0 Å². The number of benzene rings is 1. The maximum Gasteiger partial charge on any atom is 0.338 e. The fourth-order valence-electron chi connectivity index (χ4n) is 1.55. The Hall–Kier alpha value is -1.91. The molecule has 18 heavy (non-hydrogen) atoms. The molecule has 0 atom stereocenters. The molecule has 0 saturated heterocycles. The number of ether oxygens (including phenoxy) is 2. The van der Waals surface area contributed by atoms with E-state index in [-0.39, 0.29) is 6.10 Å². The van der Waals surface area contributed by atoms with E-state index in [2.05, 4.69) is 5.32 Å². The van der Waals surface area contributed by atoms with Gasteiger partial charge in [0.25, 0.3) is 0 Å². The van der Waals surface area contributed by atoms with Gasteiger partial charge < -0.3 is 20.5 Å². The summed E-state index contributed by atoms with van der Waals surface area (Å²) >= 11 is 0. The van der Waals surface area contributed by atoms with Gasteiger partial charge in [-0.2, -0.15) is 0 Å². The maximum atomic E-state index is 11.6. The molecule has 0 aromatic heterocycles. The van der Waals surface area contributed by atoms with Crippen molar-refractivity contribution >= 4 is 17.3 Å². The zero-order valence-electron chi connectivity index (χ0n) is 11.2. The summed E-state index contributed by atoms with van der Waals surface area (Å²) in [6.07, 6.45) is -0.0188. The number of anilines is 2. The number of carbonyl (C=O) groups is 1. The van der Waals surface area contributed by atoms with E-state index in [1.54, 1.807) is 12.1 Å². The molecule has 0 bridgehead atoms. The van der Waals surface area contributed by atoms with E-state index < -0.39 is 5.97 Å². The lowest BCUT2D eigenvalue weighted by molar-refractivity contribution is 0.0600.